The first-order chi connectivity index (χ1) is 16.8. The zero-order chi connectivity index (χ0) is 26.7. The van der Waals surface area contributed by atoms with E-state index in [1.165, 1.54) is 38.3 Å². The normalized spacial score (nSPS) is 28.8. The van der Waals surface area contributed by atoms with E-state index in [4.69, 9.17) is 18.5 Å². The van der Waals surface area contributed by atoms with E-state index < -0.39 is 74.6 Å². The lowest BCUT2D eigenvalue weighted by Crippen LogP contribution is -2.54. The molecule has 13 heteroatoms. The molecule has 0 aliphatic carbocycles. The molecule has 1 saturated heterocycles. The Labute approximate surface area is 208 Å². The van der Waals surface area contributed by atoms with Gasteiger partial charge < -0.3 is 24.2 Å². The van der Waals surface area contributed by atoms with Crippen molar-refractivity contribution in [1.29, 1.82) is 0 Å². The Morgan fingerprint density at radius 1 is 1.28 bits per heavy atom. The van der Waals surface area contributed by atoms with Crippen molar-refractivity contribution < 1.29 is 47.7 Å². The van der Waals surface area contributed by atoms with Gasteiger partial charge in [0, 0.05) is 6.20 Å². The van der Waals surface area contributed by atoms with Gasteiger partial charge in [-0.05, 0) is 45.9 Å². The molecule has 0 radical (unpaired) electrons. The summed E-state index contributed by atoms with van der Waals surface area (Å²) in [5.74, 6) is -1.51. The number of nitrogens with one attached hydrogen (secondary N) is 1. The van der Waals surface area contributed by atoms with Gasteiger partial charge in [0.05, 0.1) is 19.1 Å². The number of rotatable bonds is 10. The number of para-hydroxylation sites is 1. The molecule has 36 heavy (non-hydrogen) atoms. The first kappa shape index (κ1) is 28.0. The van der Waals surface area contributed by atoms with Gasteiger partial charge in [0.2, 0.25) is 5.91 Å². The lowest BCUT2D eigenvalue weighted by atomic mass is 9.95. The summed E-state index contributed by atoms with van der Waals surface area (Å²) in [6, 6.07) is 7.01. The maximum absolute atomic E-state index is 13.6. The van der Waals surface area contributed by atoms with E-state index in [1.54, 1.807) is 32.0 Å². The number of hydrogen-bond acceptors (Lipinski definition) is 10. The molecule has 1 aromatic rings. The second kappa shape index (κ2) is 11.2. The van der Waals surface area contributed by atoms with Gasteiger partial charge in [-0.3, -0.25) is 23.8 Å². The van der Waals surface area contributed by atoms with E-state index in [-0.39, 0.29) is 5.75 Å². The van der Waals surface area contributed by atoms with Gasteiger partial charge in [-0.2, -0.15) is 5.09 Å². The Kier molecular flexibility index (Phi) is 8.71. The van der Waals surface area contributed by atoms with Crippen molar-refractivity contribution >= 4 is 25.4 Å². The van der Waals surface area contributed by atoms with Crippen LogP contribution >= 0.6 is 7.75 Å². The molecule has 1 aromatic carbocycles. The third kappa shape index (κ3) is 6.58. The molecule has 3 N–H and O–H groups in total. The highest BCUT2D eigenvalue weighted by Gasteiger charge is 2.56. The van der Waals surface area contributed by atoms with E-state index >= 15 is 0 Å². The van der Waals surface area contributed by atoms with Crippen LogP contribution in [0, 0.1) is 0 Å². The molecular weight excluding hydrogens is 495 g/mol. The monoisotopic (exact) mass is 526 g/mol. The van der Waals surface area contributed by atoms with Crippen LogP contribution in [-0.2, 0) is 32.9 Å². The summed E-state index contributed by atoms with van der Waals surface area (Å²) in [5.41, 5.74) is -1.94. The molecule has 0 bridgehead atoms. The van der Waals surface area contributed by atoms with E-state index in [1.807, 2.05) is 0 Å². The number of hydrogen-bond donors (Lipinski definition) is 3. The second-order valence-corrected chi connectivity index (χ2v) is 10.7. The number of carbonyl (C=O) groups is 3. The van der Waals surface area contributed by atoms with Crippen molar-refractivity contribution in [1.82, 2.24) is 9.99 Å². The fourth-order valence-corrected chi connectivity index (χ4v) is 5.14. The minimum atomic E-state index is -4.25. The largest absolute Gasteiger partial charge is 0.462 e. The molecule has 2 aliphatic heterocycles. The molecule has 198 valence electrons. The molecule has 6 atom stereocenters. The van der Waals surface area contributed by atoms with Crippen LogP contribution in [0.2, 0.25) is 0 Å². The molecule has 3 rings (SSSR count). The van der Waals surface area contributed by atoms with Crippen molar-refractivity contribution in [2.45, 2.75) is 70.3 Å². The van der Waals surface area contributed by atoms with Crippen LogP contribution in [-0.4, -0.2) is 75.6 Å². The second-order valence-electron chi connectivity index (χ2n) is 8.99. The molecular formula is C23H31N2O10P. The Morgan fingerprint density at radius 3 is 2.56 bits per heavy atom. The van der Waals surface area contributed by atoms with Gasteiger partial charge in [-0.1, -0.05) is 18.2 Å². The first-order valence-corrected chi connectivity index (χ1v) is 12.9. The predicted molar refractivity (Wildman–Crippen MR) is 125 cm³/mol. The van der Waals surface area contributed by atoms with Gasteiger partial charge >= 0.3 is 13.7 Å². The van der Waals surface area contributed by atoms with E-state index in [2.05, 4.69) is 5.09 Å². The minimum absolute atomic E-state index is 0.184. The van der Waals surface area contributed by atoms with Crippen molar-refractivity contribution in [3.63, 3.8) is 0 Å². The van der Waals surface area contributed by atoms with Crippen molar-refractivity contribution in [2.24, 2.45) is 0 Å². The number of carbonyl (C=O) groups excluding carboxylic acids is 3. The Balaban J connectivity index is 1.76. The molecule has 2 aliphatic rings. The van der Waals surface area contributed by atoms with Gasteiger partial charge in [0.1, 0.15) is 29.6 Å². The average molecular weight is 526 g/mol. The van der Waals surface area contributed by atoms with E-state index in [0.717, 1.165) is 4.90 Å². The van der Waals surface area contributed by atoms with Crippen LogP contribution in [0.15, 0.2) is 42.6 Å². The maximum atomic E-state index is 13.6. The number of allylic oxidation sites excluding steroid dienone is 1. The van der Waals surface area contributed by atoms with Crippen LogP contribution in [0.5, 0.6) is 5.75 Å². The summed E-state index contributed by atoms with van der Waals surface area (Å²) in [6.45, 7) is 5.48. The Morgan fingerprint density at radius 2 is 1.94 bits per heavy atom. The Hall–Kier alpha value is -2.60. The third-order valence-corrected chi connectivity index (χ3v) is 7.12. The number of ether oxygens (including phenoxy) is 2. The highest BCUT2D eigenvalue weighted by molar-refractivity contribution is 7.52. The fraction of sp³-hybridized carbons (Fsp3) is 0.522. The number of benzene rings is 1. The molecule has 0 unspecified atom stereocenters. The van der Waals surface area contributed by atoms with E-state index in [0.29, 0.717) is 0 Å². The van der Waals surface area contributed by atoms with Crippen molar-refractivity contribution in [3.8, 4) is 5.75 Å². The molecule has 2 heterocycles. The molecule has 0 aromatic heterocycles. The summed E-state index contributed by atoms with van der Waals surface area (Å²) in [5, 5.41) is 24.1. The maximum Gasteiger partial charge on any atom is 0.459 e. The topological polar surface area (TPSA) is 161 Å². The van der Waals surface area contributed by atoms with Crippen LogP contribution in [0.4, 0.5) is 0 Å². The smallest absolute Gasteiger partial charge is 0.459 e. The fourth-order valence-electron chi connectivity index (χ4n) is 3.64. The van der Waals surface area contributed by atoms with Gasteiger partial charge in [-0.15, -0.1) is 0 Å². The number of aliphatic hydroxyl groups is 2. The van der Waals surface area contributed by atoms with Crippen LogP contribution in [0.3, 0.4) is 0 Å². The SMILES string of the molecule is CC(C)OC(=O)[C@H](C)N[P@](=O)(OC[C@H]1O[C@@H](N2C=CC(=O)CC2=O)[C@@](C)(O)[C@@H]1O)Oc1ccccc1. The van der Waals surface area contributed by atoms with Crippen LogP contribution in [0.1, 0.15) is 34.1 Å². The van der Waals surface area contributed by atoms with Gasteiger partial charge in [0.15, 0.2) is 12.0 Å². The van der Waals surface area contributed by atoms with Crippen molar-refractivity contribution in [3.05, 3.63) is 42.6 Å². The van der Waals surface area contributed by atoms with Gasteiger partial charge in [0.25, 0.3) is 0 Å². The first-order valence-electron chi connectivity index (χ1n) is 11.4. The number of amides is 1. The minimum Gasteiger partial charge on any atom is -0.462 e. The van der Waals surface area contributed by atoms with Crippen molar-refractivity contribution in [2.75, 3.05) is 6.61 Å². The summed E-state index contributed by atoms with van der Waals surface area (Å²) < 4.78 is 35.5. The standard InChI is InChI=1S/C23H31N2O10P/c1-14(2)33-21(29)15(3)24-36(31,35-17-8-6-5-7-9-17)32-13-18-20(28)23(4,30)22(34-18)25-11-10-16(26)12-19(25)27/h5-11,14-15,18,20,22,28,30H,12-13H2,1-4H3,(H,24,31)/t15-,18+,20+,22+,23-,36-/m0/s1. The molecule has 0 saturated carbocycles. The highest BCUT2D eigenvalue weighted by Crippen LogP contribution is 2.46. The quantitative estimate of drug-likeness (QED) is 0.229. The lowest BCUT2D eigenvalue weighted by molar-refractivity contribution is -0.158. The zero-order valence-electron chi connectivity index (χ0n) is 20.4. The molecule has 0 spiro atoms. The third-order valence-electron chi connectivity index (χ3n) is 5.48. The predicted octanol–water partition coefficient (Wildman–Crippen LogP) is 1.27. The summed E-state index contributed by atoms with van der Waals surface area (Å²) in [4.78, 5) is 37.1. The highest BCUT2D eigenvalue weighted by atomic mass is 31.2. The lowest BCUT2D eigenvalue weighted by Gasteiger charge is -2.34. The average Bonchev–Trinajstić information content (AvgIpc) is 3.01. The number of ketones is 1. The van der Waals surface area contributed by atoms with Crippen LogP contribution in [0.25, 0.3) is 0 Å². The molecule has 12 nitrogen and oxygen atoms in total. The molecule has 1 fully saturated rings. The van der Waals surface area contributed by atoms with E-state index in [9.17, 15) is 29.2 Å². The molecule has 1 amide bonds. The van der Waals surface area contributed by atoms with Gasteiger partial charge in [-0.25, -0.2) is 4.57 Å². The summed E-state index contributed by atoms with van der Waals surface area (Å²) in [7, 11) is -4.25. The van der Waals surface area contributed by atoms with Crippen LogP contribution < -0.4 is 9.61 Å². The Bertz CT molecular complexity index is 1040. The summed E-state index contributed by atoms with van der Waals surface area (Å²) >= 11 is 0. The summed E-state index contributed by atoms with van der Waals surface area (Å²) in [6.07, 6.45) is -2.60. The zero-order valence-corrected chi connectivity index (χ0v) is 21.3. The number of nitrogens with zero attached hydrogens (tertiary/aromatic N) is 1. The number of esters is 1. The number of aliphatic hydroxyl groups excluding tert-OH is 1.